The fourth-order valence-electron chi connectivity index (χ4n) is 4.29. The summed E-state index contributed by atoms with van der Waals surface area (Å²) < 4.78 is 80.0. The number of sulfonamides is 1. The van der Waals surface area contributed by atoms with Crippen LogP contribution in [0.5, 0.6) is 0 Å². The lowest BCUT2D eigenvalue weighted by atomic mass is 10.1. The highest BCUT2D eigenvalue weighted by molar-refractivity contribution is 7.92. The maximum Gasteiger partial charge on any atom is 0.243 e. The minimum absolute atomic E-state index is 0.191. The SMILES string of the molecule is O=S(=O)(c1ccccc1)C1C[C@H]2CC[C@H](C1)N2S(=O)(=O)c1ccc(F)c(F)c1. The van der Waals surface area contributed by atoms with Gasteiger partial charge in [0.2, 0.25) is 10.0 Å². The molecule has 0 N–H and O–H groups in total. The molecule has 0 aliphatic carbocycles. The van der Waals surface area contributed by atoms with E-state index in [4.69, 9.17) is 0 Å². The van der Waals surface area contributed by atoms with E-state index in [1.807, 2.05) is 0 Å². The van der Waals surface area contributed by atoms with E-state index in [1.54, 1.807) is 30.3 Å². The molecule has 2 fully saturated rings. The quantitative estimate of drug-likeness (QED) is 0.752. The minimum atomic E-state index is -4.04. The molecule has 2 bridgehead atoms. The highest BCUT2D eigenvalue weighted by atomic mass is 32.2. The average molecular weight is 427 g/mol. The highest BCUT2D eigenvalue weighted by Crippen LogP contribution is 2.42. The lowest BCUT2D eigenvalue weighted by molar-refractivity contribution is 0.249. The molecule has 9 heteroatoms. The number of fused-ring (bicyclic) bond motifs is 2. The van der Waals surface area contributed by atoms with Crippen molar-refractivity contribution in [3.05, 3.63) is 60.2 Å². The number of sulfone groups is 1. The first kappa shape index (κ1) is 19.5. The summed E-state index contributed by atoms with van der Waals surface area (Å²) in [5.74, 6) is -2.34. The molecule has 0 amide bonds. The van der Waals surface area contributed by atoms with Gasteiger partial charge >= 0.3 is 0 Å². The van der Waals surface area contributed by atoms with Gasteiger partial charge in [0.25, 0.3) is 0 Å². The minimum Gasteiger partial charge on any atom is -0.223 e. The number of piperidine rings is 1. The Hall–Kier alpha value is -1.84. The molecule has 5 nitrogen and oxygen atoms in total. The van der Waals surface area contributed by atoms with E-state index in [1.165, 1.54) is 4.31 Å². The van der Waals surface area contributed by atoms with Crippen molar-refractivity contribution in [2.45, 2.75) is 52.8 Å². The molecule has 2 atom stereocenters. The largest absolute Gasteiger partial charge is 0.243 e. The molecule has 2 aliphatic rings. The van der Waals surface area contributed by atoms with Crippen molar-refractivity contribution in [1.82, 2.24) is 4.31 Å². The summed E-state index contributed by atoms with van der Waals surface area (Å²) in [6.45, 7) is 0. The predicted molar refractivity (Wildman–Crippen MR) is 98.8 cm³/mol. The van der Waals surface area contributed by atoms with Gasteiger partial charge < -0.3 is 0 Å². The molecule has 0 unspecified atom stereocenters. The molecule has 2 saturated heterocycles. The van der Waals surface area contributed by atoms with E-state index in [0.29, 0.717) is 18.9 Å². The molecule has 2 aliphatic heterocycles. The molecular weight excluding hydrogens is 408 g/mol. The van der Waals surface area contributed by atoms with Gasteiger partial charge in [-0.1, -0.05) is 18.2 Å². The van der Waals surface area contributed by atoms with Gasteiger partial charge in [0.15, 0.2) is 21.5 Å². The topological polar surface area (TPSA) is 71.5 Å². The van der Waals surface area contributed by atoms with Gasteiger partial charge in [-0.2, -0.15) is 4.31 Å². The van der Waals surface area contributed by atoms with Gasteiger partial charge in [0, 0.05) is 12.1 Å². The number of rotatable bonds is 4. The second-order valence-corrected chi connectivity index (χ2v) is 11.3. The number of nitrogens with zero attached hydrogens (tertiary/aromatic N) is 1. The van der Waals surface area contributed by atoms with Crippen LogP contribution in [0.25, 0.3) is 0 Å². The Morgan fingerprint density at radius 2 is 1.39 bits per heavy atom. The van der Waals surface area contributed by atoms with Crippen LogP contribution < -0.4 is 0 Å². The molecule has 0 aromatic heterocycles. The summed E-state index contributed by atoms with van der Waals surface area (Å²) in [6.07, 6.45) is 1.48. The summed E-state index contributed by atoms with van der Waals surface area (Å²) in [6, 6.07) is 9.70. The van der Waals surface area contributed by atoms with Crippen LogP contribution in [0.2, 0.25) is 0 Å². The molecule has 0 spiro atoms. The molecule has 28 heavy (non-hydrogen) atoms. The second kappa shape index (κ2) is 6.89. The van der Waals surface area contributed by atoms with Crippen molar-refractivity contribution in [2.24, 2.45) is 0 Å². The zero-order valence-corrected chi connectivity index (χ0v) is 16.5. The van der Waals surface area contributed by atoms with Gasteiger partial charge in [0.1, 0.15) is 0 Å². The van der Waals surface area contributed by atoms with Crippen LogP contribution >= 0.6 is 0 Å². The molecule has 2 aromatic rings. The summed E-state index contributed by atoms with van der Waals surface area (Å²) in [4.78, 5) is -0.0796. The van der Waals surface area contributed by atoms with Crippen molar-refractivity contribution in [2.75, 3.05) is 0 Å². The number of benzene rings is 2. The van der Waals surface area contributed by atoms with Crippen molar-refractivity contribution >= 4 is 19.9 Å². The van der Waals surface area contributed by atoms with E-state index in [2.05, 4.69) is 0 Å². The molecule has 2 heterocycles. The van der Waals surface area contributed by atoms with Gasteiger partial charge in [-0.05, 0) is 56.0 Å². The Morgan fingerprint density at radius 1 is 0.786 bits per heavy atom. The third kappa shape index (κ3) is 3.15. The van der Waals surface area contributed by atoms with Gasteiger partial charge in [-0.15, -0.1) is 0 Å². The Balaban J connectivity index is 1.63. The zero-order valence-electron chi connectivity index (χ0n) is 14.8. The summed E-state index contributed by atoms with van der Waals surface area (Å²) in [5, 5.41) is -0.663. The van der Waals surface area contributed by atoms with Crippen LogP contribution in [0.4, 0.5) is 8.78 Å². The fraction of sp³-hybridized carbons (Fsp3) is 0.368. The molecule has 150 valence electrons. The van der Waals surface area contributed by atoms with Crippen LogP contribution in [0, 0.1) is 11.6 Å². The normalized spacial score (nSPS) is 25.7. The standard InChI is InChI=1S/C19H19F2NO4S2/c20-18-9-8-16(12-19(18)21)28(25,26)22-13-6-7-14(22)11-17(10-13)27(23,24)15-4-2-1-3-5-15/h1-5,8-9,12-14,17H,6-7,10-11H2/t13-,14-/m1/s1. The Bertz CT molecular complexity index is 1090. The monoisotopic (exact) mass is 427 g/mol. The molecular formula is C19H19F2NO4S2. The van der Waals surface area contributed by atoms with Gasteiger partial charge in [0.05, 0.1) is 15.0 Å². The first-order valence-electron chi connectivity index (χ1n) is 8.99. The van der Waals surface area contributed by atoms with Crippen molar-refractivity contribution in [1.29, 1.82) is 0 Å². The van der Waals surface area contributed by atoms with Gasteiger partial charge in [-0.25, -0.2) is 25.6 Å². The second-order valence-electron chi connectivity index (χ2n) is 7.25. The molecule has 0 saturated carbocycles. The van der Waals surface area contributed by atoms with Crippen LogP contribution in [0.1, 0.15) is 25.7 Å². The zero-order chi connectivity index (χ0) is 20.1. The van der Waals surface area contributed by atoms with E-state index in [-0.39, 0.29) is 22.6 Å². The first-order chi connectivity index (χ1) is 13.2. The Labute approximate surface area is 163 Å². The van der Waals surface area contributed by atoms with Crippen LogP contribution in [-0.4, -0.2) is 38.5 Å². The third-order valence-electron chi connectivity index (χ3n) is 5.60. The summed E-state index contributed by atoms with van der Waals surface area (Å²) in [5.41, 5.74) is 0. The lowest BCUT2D eigenvalue weighted by Gasteiger charge is -2.37. The van der Waals surface area contributed by atoms with Crippen LogP contribution in [-0.2, 0) is 19.9 Å². The smallest absolute Gasteiger partial charge is 0.223 e. The number of hydrogen-bond acceptors (Lipinski definition) is 4. The highest BCUT2D eigenvalue weighted by Gasteiger charge is 2.50. The summed E-state index contributed by atoms with van der Waals surface area (Å²) in [7, 11) is -7.60. The van der Waals surface area contributed by atoms with E-state index >= 15 is 0 Å². The van der Waals surface area contributed by atoms with Crippen LogP contribution in [0.3, 0.4) is 0 Å². The predicted octanol–water partition coefficient (Wildman–Crippen LogP) is 3.12. The molecule has 4 rings (SSSR count). The van der Waals surface area contributed by atoms with E-state index in [0.717, 1.165) is 12.1 Å². The lowest BCUT2D eigenvalue weighted by Crippen LogP contribution is -2.49. The molecule has 2 aromatic carbocycles. The first-order valence-corrected chi connectivity index (χ1v) is 12.0. The maximum absolute atomic E-state index is 13.6. The number of hydrogen-bond donors (Lipinski definition) is 0. The van der Waals surface area contributed by atoms with Crippen molar-refractivity contribution in [3.8, 4) is 0 Å². The Morgan fingerprint density at radius 3 is 1.96 bits per heavy atom. The van der Waals surface area contributed by atoms with Crippen LogP contribution in [0.15, 0.2) is 58.3 Å². The summed E-state index contributed by atoms with van der Waals surface area (Å²) >= 11 is 0. The van der Waals surface area contributed by atoms with Crippen molar-refractivity contribution in [3.63, 3.8) is 0 Å². The van der Waals surface area contributed by atoms with Gasteiger partial charge in [-0.3, -0.25) is 0 Å². The fourth-order valence-corrected chi connectivity index (χ4v) is 8.07. The molecule has 0 radical (unpaired) electrons. The van der Waals surface area contributed by atoms with E-state index in [9.17, 15) is 25.6 Å². The maximum atomic E-state index is 13.6. The van der Waals surface area contributed by atoms with E-state index < -0.39 is 48.8 Å². The Kier molecular flexibility index (Phi) is 4.79. The third-order valence-corrected chi connectivity index (χ3v) is 9.79. The number of halogens is 2. The average Bonchev–Trinajstić information content (AvgIpc) is 2.95. The van der Waals surface area contributed by atoms with Crippen molar-refractivity contribution < 1.29 is 25.6 Å².